The molecule has 4 rings (SSSR count). The maximum atomic E-state index is 11.4. The first kappa shape index (κ1) is 24.0. The summed E-state index contributed by atoms with van der Waals surface area (Å²) in [6, 6.07) is 34.2. The smallest absolute Gasteiger partial charge is 0.330 e. The number of carbonyl (C=O) groups is 1. The van der Waals surface area contributed by atoms with Gasteiger partial charge in [-0.25, -0.2) is 4.79 Å². The van der Waals surface area contributed by atoms with Crippen molar-refractivity contribution in [3.05, 3.63) is 138 Å². The molecule has 0 radical (unpaired) electrons. The Morgan fingerprint density at radius 3 is 1.63 bits per heavy atom. The van der Waals surface area contributed by atoms with Crippen molar-refractivity contribution in [3.8, 4) is 0 Å². The van der Waals surface area contributed by atoms with E-state index >= 15 is 0 Å². The summed E-state index contributed by atoms with van der Waals surface area (Å²) in [5, 5.41) is 0. The zero-order chi connectivity index (χ0) is 24.6. The molecule has 0 aliphatic carbocycles. The lowest BCUT2D eigenvalue weighted by Gasteiger charge is -2.26. The number of esters is 1. The molecule has 0 atom stereocenters. The van der Waals surface area contributed by atoms with Gasteiger partial charge >= 0.3 is 5.97 Å². The second-order valence-electron chi connectivity index (χ2n) is 8.66. The molecular formula is C32H31NO2. The first-order valence-corrected chi connectivity index (χ1v) is 12.0. The van der Waals surface area contributed by atoms with Gasteiger partial charge in [-0.1, -0.05) is 79.7 Å². The van der Waals surface area contributed by atoms with Crippen molar-refractivity contribution in [2.45, 2.75) is 33.3 Å². The fourth-order valence-corrected chi connectivity index (χ4v) is 3.99. The van der Waals surface area contributed by atoms with Crippen LogP contribution in [0.4, 0.5) is 17.1 Å². The topological polar surface area (TPSA) is 29.5 Å². The standard InChI is InChI=1S/C32H31NO2/c1-4-25-8-10-26(11-9-25)22-27-12-18-30(19-13-27)33(29-16-6-24(3)7-17-29)31-20-14-28(15-21-31)23-35-32(34)5-2/h5-21H,2,4,22-23H2,1,3H3. The Morgan fingerprint density at radius 1 is 0.714 bits per heavy atom. The predicted molar refractivity (Wildman–Crippen MR) is 144 cm³/mol. The van der Waals surface area contributed by atoms with Crippen molar-refractivity contribution in [1.29, 1.82) is 0 Å². The third-order valence-corrected chi connectivity index (χ3v) is 6.07. The van der Waals surface area contributed by atoms with E-state index in [2.05, 4.69) is 110 Å². The minimum atomic E-state index is -0.420. The minimum absolute atomic E-state index is 0.226. The number of rotatable bonds is 9. The largest absolute Gasteiger partial charge is 0.458 e. The minimum Gasteiger partial charge on any atom is -0.458 e. The SMILES string of the molecule is C=CC(=O)OCc1ccc(N(c2ccc(C)cc2)c2ccc(Cc3ccc(CC)cc3)cc2)cc1. The van der Waals surface area contributed by atoms with Crippen molar-refractivity contribution in [1.82, 2.24) is 0 Å². The van der Waals surface area contributed by atoms with Crippen LogP contribution in [0.2, 0.25) is 0 Å². The zero-order valence-electron chi connectivity index (χ0n) is 20.4. The molecular weight excluding hydrogens is 430 g/mol. The number of hydrogen-bond donors (Lipinski definition) is 0. The van der Waals surface area contributed by atoms with Gasteiger partial charge in [-0.3, -0.25) is 0 Å². The molecule has 0 bridgehead atoms. The highest BCUT2D eigenvalue weighted by atomic mass is 16.5. The molecule has 0 aromatic heterocycles. The maximum Gasteiger partial charge on any atom is 0.330 e. The summed E-state index contributed by atoms with van der Waals surface area (Å²) in [6.45, 7) is 7.94. The summed E-state index contributed by atoms with van der Waals surface area (Å²) < 4.78 is 5.16. The molecule has 0 heterocycles. The van der Waals surface area contributed by atoms with E-state index in [0.29, 0.717) is 0 Å². The normalized spacial score (nSPS) is 10.6. The molecule has 0 fully saturated rings. The Morgan fingerprint density at radius 2 is 1.14 bits per heavy atom. The third-order valence-electron chi connectivity index (χ3n) is 6.07. The second kappa shape index (κ2) is 11.3. The van der Waals surface area contributed by atoms with Crippen molar-refractivity contribution >= 4 is 23.0 Å². The number of anilines is 3. The fraction of sp³-hybridized carbons (Fsp3) is 0.156. The van der Waals surface area contributed by atoms with Gasteiger partial charge in [0, 0.05) is 23.1 Å². The van der Waals surface area contributed by atoms with E-state index < -0.39 is 5.97 Å². The maximum absolute atomic E-state index is 11.4. The molecule has 0 spiro atoms. The van der Waals surface area contributed by atoms with Gasteiger partial charge in [-0.2, -0.15) is 0 Å². The second-order valence-corrected chi connectivity index (χ2v) is 8.66. The fourth-order valence-electron chi connectivity index (χ4n) is 3.99. The van der Waals surface area contributed by atoms with Gasteiger partial charge in [0.05, 0.1) is 0 Å². The van der Waals surface area contributed by atoms with E-state index in [1.807, 2.05) is 12.1 Å². The molecule has 35 heavy (non-hydrogen) atoms. The summed E-state index contributed by atoms with van der Waals surface area (Å²) in [6.07, 6.45) is 3.15. The van der Waals surface area contributed by atoms with E-state index in [1.165, 1.54) is 28.3 Å². The van der Waals surface area contributed by atoms with E-state index in [-0.39, 0.29) is 6.61 Å². The van der Waals surface area contributed by atoms with Gasteiger partial charge < -0.3 is 9.64 Å². The van der Waals surface area contributed by atoms with Crippen molar-refractivity contribution in [2.75, 3.05) is 4.90 Å². The molecule has 0 amide bonds. The molecule has 4 aromatic carbocycles. The van der Waals surface area contributed by atoms with E-state index in [0.717, 1.165) is 35.5 Å². The molecule has 0 saturated heterocycles. The van der Waals surface area contributed by atoms with E-state index in [4.69, 9.17) is 4.74 Å². The number of carbonyl (C=O) groups excluding carboxylic acids is 1. The van der Waals surface area contributed by atoms with E-state index in [1.54, 1.807) is 0 Å². The third kappa shape index (κ3) is 6.27. The molecule has 0 N–H and O–H groups in total. The lowest BCUT2D eigenvalue weighted by molar-refractivity contribution is -0.138. The first-order chi connectivity index (χ1) is 17.1. The van der Waals surface area contributed by atoms with Crippen LogP contribution in [-0.2, 0) is 29.0 Å². The van der Waals surface area contributed by atoms with Gasteiger partial charge in [-0.15, -0.1) is 0 Å². The first-order valence-electron chi connectivity index (χ1n) is 12.0. The van der Waals surface area contributed by atoms with Gasteiger partial charge in [0.2, 0.25) is 0 Å². The molecule has 0 aliphatic heterocycles. The molecule has 0 saturated carbocycles. The number of aryl methyl sites for hydroxylation is 2. The number of ether oxygens (including phenoxy) is 1. The van der Waals surface area contributed by atoms with Crippen LogP contribution in [0.15, 0.2) is 110 Å². The van der Waals surface area contributed by atoms with Crippen LogP contribution in [0.1, 0.15) is 34.7 Å². The molecule has 176 valence electrons. The van der Waals surface area contributed by atoms with Gasteiger partial charge in [0.1, 0.15) is 6.61 Å². The Balaban J connectivity index is 1.58. The van der Waals surface area contributed by atoms with Crippen LogP contribution in [0.25, 0.3) is 0 Å². The monoisotopic (exact) mass is 461 g/mol. The summed E-state index contributed by atoms with van der Waals surface area (Å²) in [7, 11) is 0. The van der Waals surface area contributed by atoms with Gasteiger partial charge in [0.25, 0.3) is 0 Å². The Labute approximate surface area is 208 Å². The van der Waals surface area contributed by atoms with E-state index in [9.17, 15) is 4.79 Å². The zero-order valence-corrected chi connectivity index (χ0v) is 20.4. The summed E-state index contributed by atoms with van der Waals surface area (Å²) >= 11 is 0. The lowest BCUT2D eigenvalue weighted by atomic mass is 10.0. The predicted octanol–water partition coefficient (Wildman–Crippen LogP) is 7.85. The molecule has 3 heteroatoms. The molecule has 0 aliphatic rings. The highest BCUT2D eigenvalue weighted by molar-refractivity contribution is 5.81. The summed E-state index contributed by atoms with van der Waals surface area (Å²) in [5.41, 5.74) is 9.32. The Kier molecular flexibility index (Phi) is 7.79. The van der Waals surface area contributed by atoms with Crippen molar-refractivity contribution < 1.29 is 9.53 Å². The van der Waals surface area contributed by atoms with Crippen molar-refractivity contribution in [3.63, 3.8) is 0 Å². The Hall–Kier alpha value is -4.11. The van der Waals surface area contributed by atoms with Crippen LogP contribution in [0.3, 0.4) is 0 Å². The summed E-state index contributed by atoms with van der Waals surface area (Å²) in [5.74, 6) is -0.420. The van der Waals surface area contributed by atoms with Crippen LogP contribution in [0, 0.1) is 6.92 Å². The summed E-state index contributed by atoms with van der Waals surface area (Å²) in [4.78, 5) is 13.6. The van der Waals surface area contributed by atoms with Crippen LogP contribution in [0.5, 0.6) is 0 Å². The number of nitrogens with zero attached hydrogens (tertiary/aromatic N) is 1. The average Bonchev–Trinajstić information content (AvgIpc) is 2.90. The highest BCUT2D eigenvalue weighted by Gasteiger charge is 2.13. The van der Waals surface area contributed by atoms with Crippen molar-refractivity contribution in [2.24, 2.45) is 0 Å². The average molecular weight is 462 g/mol. The van der Waals surface area contributed by atoms with Gasteiger partial charge in [0.15, 0.2) is 0 Å². The molecule has 0 unspecified atom stereocenters. The quantitative estimate of drug-likeness (QED) is 0.188. The lowest BCUT2D eigenvalue weighted by Crippen LogP contribution is -2.10. The number of benzene rings is 4. The van der Waals surface area contributed by atoms with Crippen LogP contribution >= 0.6 is 0 Å². The molecule has 4 aromatic rings. The molecule has 3 nitrogen and oxygen atoms in total. The van der Waals surface area contributed by atoms with Gasteiger partial charge in [-0.05, 0) is 78.4 Å². The van der Waals surface area contributed by atoms with Crippen LogP contribution < -0.4 is 4.90 Å². The number of hydrogen-bond acceptors (Lipinski definition) is 3. The highest BCUT2D eigenvalue weighted by Crippen LogP contribution is 2.35. The van der Waals surface area contributed by atoms with Crippen LogP contribution in [-0.4, -0.2) is 5.97 Å². The Bertz CT molecular complexity index is 1260.